The number of aromatic nitrogens is 1. The number of hydrogen-bond acceptors (Lipinski definition) is 4. The third-order valence-electron chi connectivity index (χ3n) is 4.25. The van der Waals surface area contributed by atoms with Crippen LogP contribution in [0.25, 0.3) is 11.3 Å². The highest BCUT2D eigenvalue weighted by molar-refractivity contribution is 7.09. The Morgan fingerprint density at radius 1 is 1.32 bits per heavy atom. The maximum absolute atomic E-state index is 12.1. The van der Waals surface area contributed by atoms with Gasteiger partial charge in [0.25, 0.3) is 0 Å². The van der Waals surface area contributed by atoms with Gasteiger partial charge in [-0.1, -0.05) is 24.3 Å². The number of carbonyl (C=O) groups is 1. The fourth-order valence-electron chi connectivity index (χ4n) is 2.89. The number of rotatable bonds is 5. The minimum atomic E-state index is 0. The van der Waals surface area contributed by atoms with E-state index in [2.05, 4.69) is 45.3 Å². The van der Waals surface area contributed by atoms with Crippen molar-refractivity contribution in [1.29, 1.82) is 0 Å². The Labute approximate surface area is 165 Å². The van der Waals surface area contributed by atoms with Gasteiger partial charge in [0.15, 0.2) is 0 Å². The quantitative estimate of drug-likeness (QED) is 0.803. The number of aryl methyl sites for hydroxylation is 1. The Kier molecular flexibility index (Phi) is 9.43. The molecule has 4 nitrogen and oxygen atoms in total. The molecule has 1 unspecified atom stereocenters. The van der Waals surface area contributed by atoms with Crippen LogP contribution in [0.5, 0.6) is 0 Å². The van der Waals surface area contributed by atoms with Crippen molar-refractivity contribution in [2.24, 2.45) is 5.92 Å². The van der Waals surface area contributed by atoms with Crippen molar-refractivity contribution in [3.05, 3.63) is 40.2 Å². The number of thiazole rings is 1. The molecule has 0 aliphatic carbocycles. The fourth-order valence-corrected chi connectivity index (χ4v) is 3.51. The molecule has 25 heavy (non-hydrogen) atoms. The molecular formula is C18H25Cl2N3OS. The molecule has 2 N–H and O–H groups in total. The average Bonchev–Trinajstić information content (AvgIpc) is 3.03. The topological polar surface area (TPSA) is 54.0 Å². The SMILES string of the molecule is Cc1nc(-c2ccc(CCNC(=O)C3CCCNC3)cc2)cs1.Cl.Cl. The van der Waals surface area contributed by atoms with Crippen molar-refractivity contribution in [3.8, 4) is 11.3 Å². The molecule has 0 saturated carbocycles. The summed E-state index contributed by atoms with van der Waals surface area (Å²) in [6.45, 7) is 4.57. The molecule has 1 aliphatic rings. The second kappa shape index (κ2) is 10.8. The Morgan fingerprint density at radius 3 is 2.68 bits per heavy atom. The Balaban J connectivity index is 0.00000156. The molecular weight excluding hydrogens is 377 g/mol. The van der Waals surface area contributed by atoms with Gasteiger partial charge in [-0.25, -0.2) is 4.98 Å². The Hall–Kier alpha value is -1.14. The third kappa shape index (κ3) is 6.26. The molecule has 0 radical (unpaired) electrons. The molecule has 1 saturated heterocycles. The summed E-state index contributed by atoms with van der Waals surface area (Å²) in [4.78, 5) is 16.6. The van der Waals surface area contributed by atoms with Gasteiger partial charge in [0.2, 0.25) is 5.91 Å². The summed E-state index contributed by atoms with van der Waals surface area (Å²) in [6, 6.07) is 8.46. The lowest BCUT2D eigenvalue weighted by Crippen LogP contribution is -2.41. The molecule has 3 rings (SSSR count). The van der Waals surface area contributed by atoms with Crippen LogP contribution in [-0.2, 0) is 11.2 Å². The summed E-state index contributed by atoms with van der Waals surface area (Å²) >= 11 is 1.67. The van der Waals surface area contributed by atoms with E-state index in [-0.39, 0.29) is 36.6 Å². The predicted octanol–water partition coefficient (Wildman–Crippen LogP) is 3.62. The van der Waals surface area contributed by atoms with Gasteiger partial charge in [-0.2, -0.15) is 0 Å². The molecule has 0 bridgehead atoms. The monoisotopic (exact) mass is 401 g/mol. The van der Waals surface area contributed by atoms with Crippen LogP contribution in [0.15, 0.2) is 29.6 Å². The van der Waals surface area contributed by atoms with Gasteiger partial charge < -0.3 is 10.6 Å². The molecule has 138 valence electrons. The second-order valence-corrected chi connectivity index (χ2v) is 7.10. The van der Waals surface area contributed by atoms with Crippen molar-refractivity contribution < 1.29 is 4.79 Å². The van der Waals surface area contributed by atoms with Crippen LogP contribution in [0.2, 0.25) is 0 Å². The predicted molar refractivity (Wildman–Crippen MR) is 109 cm³/mol. The summed E-state index contributed by atoms with van der Waals surface area (Å²) in [5, 5.41) is 9.52. The molecule has 0 spiro atoms. The van der Waals surface area contributed by atoms with Gasteiger partial charge in [-0.3, -0.25) is 4.79 Å². The number of amides is 1. The van der Waals surface area contributed by atoms with Gasteiger partial charge in [0, 0.05) is 24.0 Å². The lowest BCUT2D eigenvalue weighted by atomic mass is 9.99. The van der Waals surface area contributed by atoms with Crippen molar-refractivity contribution in [1.82, 2.24) is 15.6 Å². The maximum atomic E-state index is 12.1. The van der Waals surface area contributed by atoms with Crippen LogP contribution in [0.4, 0.5) is 0 Å². The number of nitrogens with one attached hydrogen (secondary N) is 2. The number of hydrogen-bond donors (Lipinski definition) is 2. The summed E-state index contributed by atoms with van der Waals surface area (Å²) in [5.41, 5.74) is 3.43. The lowest BCUT2D eigenvalue weighted by molar-refractivity contribution is -0.125. The zero-order valence-corrected chi connectivity index (χ0v) is 16.7. The molecule has 1 amide bonds. The van der Waals surface area contributed by atoms with Crippen molar-refractivity contribution in [3.63, 3.8) is 0 Å². The molecule has 1 aromatic carbocycles. The largest absolute Gasteiger partial charge is 0.355 e. The number of piperidine rings is 1. The van der Waals surface area contributed by atoms with E-state index in [1.54, 1.807) is 11.3 Å². The highest BCUT2D eigenvalue weighted by Gasteiger charge is 2.20. The summed E-state index contributed by atoms with van der Waals surface area (Å²) in [7, 11) is 0. The van der Waals surface area contributed by atoms with Crippen molar-refractivity contribution >= 4 is 42.1 Å². The van der Waals surface area contributed by atoms with E-state index in [1.165, 1.54) is 5.56 Å². The molecule has 2 aromatic rings. The zero-order valence-electron chi connectivity index (χ0n) is 14.3. The smallest absolute Gasteiger partial charge is 0.224 e. The lowest BCUT2D eigenvalue weighted by Gasteiger charge is -2.21. The standard InChI is InChI=1S/C18H23N3OS.2ClH/c1-13-21-17(12-23-13)15-6-4-14(5-7-15)8-10-20-18(22)16-3-2-9-19-11-16;;/h4-7,12,16,19H,2-3,8-11H2,1H3,(H,20,22);2*1H. The highest BCUT2D eigenvalue weighted by Crippen LogP contribution is 2.21. The first kappa shape index (κ1) is 21.9. The number of carbonyl (C=O) groups excluding carboxylic acids is 1. The first-order valence-corrected chi connectivity index (χ1v) is 9.10. The van der Waals surface area contributed by atoms with Crippen LogP contribution >= 0.6 is 36.2 Å². The van der Waals surface area contributed by atoms with Crippen molar-refractivity contribution in [2.45, 2.75) is 26.2 Å². The molecule has 1 atom stereocenters. The van der Waals surface area contributed by atoms with E-state index >= 15 is 0 Å². The van der Waals surface area contributed by atoms with Crippen LogP contribution in [0, 0.1) is 12.8 Å². The normalized spacial score (nSPS) is 16.4. The summed E-state index contributed by atoms with van der Waals surface area (Å²) in [6.07, 6.45) is 2.96. The number of nitrogens with zero attached hydrogens (tertiary/aromatic N) is 1. The fraction of sp³-hybridized carbons (Fsp3) is 0.444. The molecule has 2 heterocycles. The van der Waals surface area contributed by atoms with Gasteiger partial charge >= 0.3 is 0 Å². The van der Waals surface area contributed by atoms with E-state index in [0.29, 0.717) is 6.54 Å². The Bertz CT molecular complexity index is 655. The molecule has 1 aliphatic heterocycles. The van der Waals surface area contributed by atoms with Gasteiger partial charge in [0.1, 0.15) is 0 Å². The van der Waals surface area contributed by atoms with Crippen LogP contribution in [0.1, 0.15) is 23.4 Å². The van der Waals surface area contributed by atoms with Crippen LogP contribution in [-0.4, -0.2) is 30.5 Å². The molecule has 1 aromatic heterocycles. The average molecular weight is 402 g/mol. The Morgan fingerprint density at radius 2 is 2.08 bits per heavy atom. The molecule has 1 fully saturated rings. The third-order valence-corrected chi connectivity index (χ3v) is 5.02. The van der Waals surface area contributed by atoms with Gasteiger partial charge in [-0.15, -0.1) is 36.2 Å². The maximum Gasteiger partial charge on any atom is 0.224 e. The van der Waals surface area contributed by atoms with Crippen LogP contribution < -0.4 is 10.6 Å². The van der Waals surface area contributed by atoms with E-state index in [1.807, 2.05) is 6.92 Å². The first-order valence-electron chi connectivity index (χ1n) is 8.22. The van der Waals surface area contributed by atoms with Crippen molar-refractivity contribution in [2.75, 3.05) is 19.6 Å². The minimum absolute atomic E-state index is 0. The molecule has 7 heteroatoms. The number of halogens is 2. The van der Waals surface area contributed by atoms with E-state index < -0.39 is 0 Å². The zero-order chi connectivity index (χ0) is 16.1. The highest BCUT2D eigenvalue weighted by atomic mass is 35.5. The number of benzene rings is 1. The van der Waals surface area contributed by atoms with Crippen LogP contribution in [0.3, 0.4) is 0 Å². The van der Waals surface area contributed by atoms with Gasteiger partial charge in [-0.05, 0) is 38.3 Å². The summed E-state index contributed by atoms with van der Waals surface area (Å²) < 4.78 is 0. The van der Waals surface area contributed by atoms with E-state index in [9.17, 15) is 4.79 Å². The summed E-state index contributed by atoms with van der Waals surface area (Å²) in [5.74, 6) is 0.325. The van der Waals surface area contributed by atoms with E-state index in [0.717, 1.165) is 48.6 Å². The van der Waals surface area contributed by atoms with E-state index in [4.69, 9.17) is 0 Å². The second-order valence-electron chi connectivity index (χ2n) is 6.03. The minimum Gasteiger partial charge on any atom is -0.355 e. The first-order chi connectivity index (χ1) is 11.2. The van der Waals surface area contributed by atoms with Gasteiger partial charge in [0.05, 0.1) is 16.6 Å².